The number of phenolic OH excluding ortho intramolecular Hbond substituents is 1. The van der Waals surface area contributed by atoms with Crippen LogP contribution in [-0.4, -0.2) is 47.2 Å². The Morgan fingerprint density at radius 1 is 1.24 bits per heavy atom. The number of aromatic hydroxyl groups is 1. The average molecular weight is 365 g/mol. The predicted molar refractivity (Wildman–Crippen MR) is 101 cm³/mol. The first-order valence-electron chi connectivity index (χ1n) is 8.78. The summed E-state index contributed by atoms with van der Waals surface area (Å²) in [6.45, 7) is 2.73. The summed E-state index contributed by atoms with van der Waals surface area (Å²) < 4.78 is 0. The van der Waals surface area contributed by atoms with E-state index in [0.29, 0.717) is 25.0 Å². The molecule has 2 unspecified atom stereocenters. The fraction of sp³-hybridized carbons (Fsp3) is 0.556. The zero-order chi connectivity index (χ0) is 18.1. The standard InChI is InChI=1S/C13H19NO2.C5H8N2OS/c1-2-3-4-13(16)14-10-9-11-5-7-12(15)8-6-11;8-5-6-3-1-9-2-4(3)7-5/h5-8,15H,2-4,9-10H2,1H3,(H,14,16);3-4H,1-2H2,(H2,6,7,8). The molecule has 4 N–H and O–H groups in total. The van der Waals surface area contributed by atoms with Crippen molar-refractivity contribution in [2.45, 2.75) is 44.7 Å². The summed E-state index contributed by atoms with van der Waals surface area (Å²) >= 11 is 1.89. The minimum Gasteiger partial charge on any atom is -0.508 e. The van der Waals surface area contributed by atoms with E-state index in [1.165, 1.54) is 0 Å². The van der Waals surface area contributed by atoms with Crippen LogP contribution in [0, 0.1) is 0 Å². The molecule has 2 aliphatic heterocycles. The van der Waals surface area contributed by atoms with Gasteiger partial charge in [-0.15, -0.1) is 0 Å². The molecular formula is C18H27N3O3S. The van der Waals surface area contributed by atoms with E-state index in [4.69, 9.17) is 5.11 Å². The molecule has 3 rings (SSSR count). The van der Waals surface area contributed by atoms with Crippen LogP contribution < -0.4 is 16.0 Å². The molecule has 6 nitrogen and oxygen atoms in total. The lowest BCUT2D eigenvalue weighted by Gasteiger charge is -2.04. The molecule has 2 heterocycles. The second kappa shape index (κ2) is 10.2. The number of carbonyl (C=O) groups is 2. The van der Waals surface area contributed by atoms with E-state index >= 15 is 0 Å². The van der Waals surface area contributed by atoms with Crippen LogP contribution in [0.2, 0.25) is 0 Å². The molecule has 0 radical (unpaired) electrons. The van der Waals surface area contributed by atoms with E-state index in [-0.39, 0.29) is 17.7 Å². The number of amides is 3. The minimum absolute atomic E-state index is 0.00491. The zero-order valence-electron chi connectivity index (χ0n) is 14.6. The Hall–Kier alpha value is -1.89. The van der Waals surface area contributed by atoms with Crippen molar-refractivity contribution in [3.05, 3.63) is 29.8 Å². The Kier molecular flexibility index (Phi) is 7.91. The van der Waals surface area contributed by atoms with Crippen molar-refractivity contribution in [1.29, 1.82) is 0 Å². The maximum absolute atomic E-state index is 11.3. The van der Waals surface area contributed by atoms with Crippen molar-refractivity contribution in [1.82, 2.24) is 16.0 Å². The topological polar surface area (TPSA) is 90.5 Å². The summed E-state index contributed by atoms with van der Waals surface area (Å²) in [5.41, 5.74) is 1.12. The van der Waals surface area contributed by atoms with Gasteiger partial charge < -0.3 is 21.1 Å². The number of thioether (sulfide) groups is 1. The first-order chi connectivity index (χ1) is 12.1. The third kappa shape index (κ3) is 6.86. The van der Waals surface area contributed by atoms with Crippen LogP contribution in [0.4, 0.5) is 4.79 Å². The Morgan fingerprint density at radius 3 is 2.48 bits per heavy atom. The first-order valence-corrected chi connectivity index (χ1v) is 9.93. The quantitative estimate of drug-likeness (QED) is 0.581. The maximum Gasteiger partial charge on any atom is 0.315 e. The number of rotatable bonds is 6. The van der Waals surface area contributed by atoms with E-state index in [0.717, 1.165) is 36.3 Å². The molecule has 3 amide bonds. The third-order valence-corrected chi connectivity index (χ3v) is 5.33. The SMILES string of the molecule is CCCCC(=O)NCCc1ccc(O)cc1.O=C1NC2CSCC2N1. The van der Waals surface area contributed by atoms with Crippen LogP contribution >= 0.6 is 11.8 Å². The lowest BCUT2D eigenvalue weighted by Crippen LogP contribution is -2.31. The van der Waals surface area contributed by atoms with Gasteiger partial charge in [0.1, 0.15) is 5.75 Å². The first kappa shape index (κ1) is 19.4. The second-order valence-corrected chi connectivity index (χ2v) is 7.31. The molecule has 1 aromatic carbocycles. The summed E-state index contributed by atoms with van der Waals surface area (Å²) in [6, 6.07) is 7.87. The second-order valence-electron chi connectivity index (χ2n) is 6.24. The fourth-order valence-corrected chi connectivity index (χ4v) is 3.93. The molecule has 0 aliphatic carbocycles. The molecule has 7 heteroatoms. The van der Waals surface area contributed by atoms with Gasteiger partial charge in [0.15, 0.2) is 0 Å². The number of urea groups is 1. The molecule has 0 bridgehead atoms. The van der Waals surface area contributed by atoms with Gasteiger partial charge in [-0.1, -0.05) is 25.5 Å². The molecule has 0 saturated carbocycles. The summed E-state index contributed by atoms with van der Waals surface area (Å²) in [5, 5.41) is 17.7. The third-order valence-electron chi connectivity index (χ3n) is 4.14. The van der Waals surface area contributed by atoms with Gasteiger partial charge in [-0.2, -0.15) is 11.8 Å². The molecule has 2 saturated heterocycles. The molecule has 0 spiro atoms. The average Bonchev–Trinajstić information content (AvgIpc) is 3.16. The number of carbonyl (C=O) groups excluding carboxylic acids is 2. The summed E-state index contributed by atoms with van der Waals surface area (Å²) in [7, 11) is 0. The maximum atomic E-state index is 11.3. The van der Waals surface area contributed by atoms with Crippen LogP contribution in [-0.2, 0) is 11.2 Å². The lowest BCUT2D eigenvalue weighted by atomic mass is 10.1. The molecule has 0 aromatic heterocycles. The van der Waals surface area contributed by atoms with Crippen molar-refractivity contribution < 1.29 is 14.7 Å². The number of hydrogen-bond donors (Lipinski definition) is 4. The number of unbranched alkanes of at least 4 members (excludes halogenated alkanes) is 1. The fourth-order valence-electron chi connectivity index (χ4n) is 2.65. The monoisotopic (exact) mass is 365 g/mol. The summed E-state index contributed by atoms with van der Waals surface area (Å²) in [5.74, 6) is 2.55. The van der Waals surface area contributed by atoms with E-state index in [1.807, 2.05) is 23.9 Å². The summed E-state index contributed by atoms with van der Waals surface area (Å²) in [4.78, 5) is 21.9. The predicted octanol–water partition coefficient (Wildman–Crippen LogP) is 2.02. The van der Waals surface area contributed by atoms with Gasteiger partial charge in [0.25, 0.3) is 0 Å². The van der Waals surface area contributed by atoms with Crippen LogP contribution in [0.5, 0.6) is 5.75 Å². The van der Waals surface area contributed by atoms with Crippen LogP contribution in [0.1, 0.15) is 31.7 Å². The Bertz CT molecular complexity index is 551. The van der Waals surface area contributed by atoms with E-state index in [1.54, 1.807) is 12.1 Å². The van der Waals surface area contributed by atoms with E-state index in [9.17, 15) is 9.59 Å². The van der Waals surface area contributed by atoms with E-state index < -0.39 is 0 Å². The van der Waals surface area contributed by atoms with Crippen LogP contribution in [0.15, 0.2) is 24.3 Å². The van der Waals surface area contributed by atoms with Crippen molar-refractivity contribution >= 4 is 23.7 Å². The Morgan fingerprint density at radius 2 is 1.88 bits per heavy atom. The number of fused-ring (bicyclic) bond motifs is 1. The molecule has 1 aromatic rings. The lowest BCUT2D eigenvalue weighted by molar-refractivity contribution is -0.121. The van der Waals surface area contributed by atoms with Crippen LogP contribution in [0.25, 0.3) is 0 Å². The van der Waals surface area contributed by atoms with Gasteiger partial charge in [0, 0.05) is 24.5 Å². The number of phenols is 1. The summed E-state index contributed by atoms with van der Waals surface area (Å²) in [6.07, 6.45) is 3.42. The highest BCUT2D eigenvalue weighted by atomic mass is 32.2. The zero-order valence-corrected chi connectivity index (χ0v) is 15.4. The van der Waals surface area contributed by atoms with Crippen molar-refractivity contribution in [2.75, 3.05) is 18.1 Å². The van der Waals surface area contributed by atoms with Gasteiger partial charge in [-0.05, 0) is 30.5 Å². The number of hydrogen-bond acceptors (Lipinski definition) is 4. The van der Waals surface area contributed by atoms with Gasteiger partial charge in [-0.3, -0.25) is 4.79 Å². The van der Waals surface area contributed by atoms with E-state index in [2.05, 4.69) is 22.9 Å². The van der Waals surface area contributed by atoms with Crippen molar-refractivity contribution in [2.24, 2.45) is 0 Å². The van der Waals surface area contributed by atoms with Gasteiger partial charge in [-0.25, -0.2) is 4.79 Å². The highest BCUT2D eigenvalue weighted by Gasteiger charge is 2.35. The van der Waals surface area contributed by atoms with Crippen LogP contribution in [0.3, 0.4) is 0 Å². The molecule has 2 fully saturated rings. The number of benzene rings is 1. The highest BCUT2D eigenvalue weighted by molar-refractivity contribution is 7.99. The smallest absolute Gasteiger partial charge is 0.315 e. The molecular weight excluding hydrogens is 338 g/mol. The largest absolute Gasteiger partial charge is 0.508 e. The molecule has 25 heavy (non-hydrogen) atoms. The molecule has 2 aliphatic rings. The normalized spacial score (nSPS) is 20.8. The van der Waals surface area contributed by atoms with Gasteiger partial charge in [0.2, 0.25) is 5.91 Å². The van der Waals surface area contributed by atoms with Gasteiger partial charge >= 0.3 is 6.03 Å². The minimum atomic E-state index is 0.00491. The number of nitrogens with one attached hydrogen (secondary N) is 3. The van der Waals surface area contributed by atoms with Crippen molar-refractivity contribution in [3.63, 3.8) is 0 Å². The van der Waals surface area contributed by atoms with Gasteiger partial charge in [0.05, 0.1) is 12.1 Å². The van der Waals surface area contributed by atoms with Crippen molar-refractivity contribution in [3.8, 4) is 5.75 Å². The Labute approximate surface area is 153 Å². The molecule has 138 valence electrons. The highest BCUT2D eigenvalue weighted by Crippen LogP contribution is 2.20. The Balaban J connectivity index is 0.000000208. The molecule has 2 atom stereocenters.